The van der Waals surface area contributed by atoms with Crippen molar-refractivity contribution in [3.63, 3.8) is 0 Å². The molecular weight excluding hydrogens is 313 g/mol. The van der Waals surface area contributed by atoms with E-state index in [9.17, 15) is 4.79 Å². The summed E-state index contributed by atoms with van der Waals surface area (Å²) in [5.74, 6) is 0. The third-order valence-corrected chi connectivity index (χ3v) is 4.30. The first kappa shape index (κ1) is 16.4. The molecule has 1 aromatic carbocycles. The Morgan fingerprint density at radius 1 is 1.29 bits per heavy atom. The molecule has 1 aromatic rings. The Balaban J connectivity index is 1.93. The van der Waals surface area contributed by atoms with Gasteiger partial charge in [0.25, 0.3) is 0 Å². The molecule has 0 atom stereocenters. The van der Waals surface area contributed by atoms with Crippen LogP contribution in [-0.4, -0.2) is 66.9 Å². The summed E-state index contributed by atoms with van der Waals surface area (Å²) in [5.41, 5.74) is 0.593. The lowest BCUT2D eigenvalue weighted by molar-refractivity contribution is -0.913. The Kier molecular flexibility index (Phi) is 5.32. The van der Waals surface area contributed by atoms with Gasteiger partial charge in [0.05, 0.1) is 39.8 Å². The molecule has 0 bridgehead atoms. The summed E-state index contributed by atoms with van der Waals surface area (Å²) in [6.07, 6.45) is 0. The largest absolute Gasteiger partial charge is 0.391 e. The predicted molar refractivity (Wildman–Crippen MR) is 84.9 cm³/mol. The molecule has 116 valence electrons. The van der Waals surface area contributed by atoms with Gasteiger partial charge in [-0.15, -0.1) is 0 Å². The van der Waals surface area contributed by atoms with Crippen LogP contribution in [0.1, 0.15) is 0 Å². The van der Waals surface area contributed by atoms with Crippen molar-refractivity contribution >= 4 is 34.9 Å². The molecular formula is C14H20Cl2N3O2+. The number of amides is 2. The van der Waals surface area contributed by atoms with Crippen molar-refractivity contribution in [2.45, 2.75) is 0 Å². The molecule has 7 heteroatoms. The maximum atomic E-state index is 12.2. The molecule has 0 unspecified atom stereocenters. The minimum Gasteiger partial charge on any atom is -0.391 e. The van der Waals surface area contributed by atoms with Crippen molar-refractivity contribution < 1.29 is 14.4 Å². The Hall–Kier alpha value is -1.01. The second-order valence-corrected chi connectivity index (χ2v) is 6.46. The average molecular weight is 333 g/mol. The first-order valence-electron chi connectivity index (χ1n) is 6.88. The van der Waals surface area contributed by atoms with Gasteiger partial charge < -0.3 is 19.8 Å². The summed E-state index contributed by atoms with van der Waals surface area (Å²) in [5, 5.41) is 12.9. The highest BCUT2D eigenvalue weighted by atomic mass is 35.5. The molecule has 5 nitrogen and oxygen atoms in total. The molecule has 1 aliphatic rings. The lowest BCUT2D eigenvalue weighted by Crippen LogP contribution is -2.59. The van der Waals surface area contributed by atoms with E-state index in [2.05, 4.69) is 12.4 Å². The second kappa shape index (κ2) is 6.83. The lowest BCUT2D eigenvalue weighted by atomic mass is 10.2. The number of anilines is 1. The van der Waals surface area contributed by atoms with Crippen LogP contribution in [0.3, 0.4) is 0 Å². The molecule has 0 radical (unpaired) electrons. The summed E-state index contributed by atoms with van der Waals surface area (Å²) < 4.78 is 0.795. The van der Waals surface area contributed by atoms with Gasteiger partial charge in [-0.3, -0.25) is 0 Å². The lowest BCUT2D eigenvalue weighted by Gasteiger charge is -2.41. The second-order valence-electron chi connectivity index (χ2n) is 5.59. The van der Waals surface area contributed by atoms with E-state index in [0.717, 1.165) is 24.1 Å². The molecule has 0 aromatic heterocycles. The van der Waals surface area contributed by atoms with Crippen molar-refractivity contribution in [1.82, 2.24) is 4.90 Å². The van der Waals surface area contributed by atoms with Crippen LogP contribution in [0.4, 0.5) is 10.5 Å². The van der Waals surface area contributed by atoms with Crippen molar-refractivity contribution in [3.8, 4) is 0 Å². The summed E-state index contributed by atoms with van der Waals surface area (Å²) >= 11 is 11.8. The zero-order chi connectivity index (χ0) is 15.5. The number of aliphatic hydroxyl groups excluding tert-OH is 1. The van der Waals surface area contributed by atoms with Gasteiger partial charge in [0, 0.05) is 15.7 Å². The maximum Gasteiger partial charge on any atom is 0.322 e. The molecule has 1 fully saturated rings. The first-order chi connectivity index (χ1) is 9.92. The Morgan fingerprint density at radius 2 is 1.86 bits per heavy atom. The highest BCUT2D eigenvalue weighted by Gasteiger charge is 2.30. The molecule has 1 saturated heterocycles. The van der Waals surface area contributed by atoms with Crippen LogP contribution < -0.4 is 5.32 Å². The SMILES string of the molecule is C[N+]1(CCO)CCN(C(=O)Nc2cc(Cl)cc(Cl)c2)CC1. The van der Waals surface area contributed by atoms with Crippen LogP contribution in [0.15, 0.2) is 18.2 Å². The fourth-order valence-corrected chi connectivity index (χ4v) is 2.97. The van der Waals surface area contributed by atoms with E-state index in [1.54, 1.807) is 23.1 Å². The van der Waals surface area contributed by atoms with E-state index < -0.39 is 0 Å². The minimum atomic E-state index is -0.149. The number of hydrogen-bond acceptors (Lipinski definition) is 2. The van der Waals surface area contributed by atoms with Gasteiger partial charge in [-0.25, -0.2) is 4.79 Å². The third kappa shape index (κ3) is 4.48. The number of benzene rings is 1. The number of nitrogens with zero attached hydrogens (tertiary/aromatic N) is 2. The van der Waals surface area contributed by atoms with Gasteiger partial charge in [-0.05, 0) is 18.2 Å². The number of likely N-dealkylation sites (N-methyl/N-ethyl adjacent to an activating group) is 1. The third-order valence-electron chi connectivity index (χ3n) is 3.86. The fraction of sp³-hybridized carbons (Fsp3) is 0.500. The van der Waals surface area contributed by atoms with E-state index in [1.165, 1.54) is 0 Å². The van der Waals surface area contributed by atoms with Crippen molar-refractivity contribution in [1.29, 1.82) is 0 Å². The number of quaternary nitrogens is 1. The molecule has 1 aliphatic heterocycles. The van der Waals surface area contributed by atoms with Gasteiger partial charge >= 0.3 is 6.03 Å². The van der Waals surface area contributed by atoms with Crippen LogP contribution >= 0.6 is 23.2 Å². The molecule has 0 saturated carbocycles. The summed E-state index contributed by atoms with van der Waals surface area (Å²) in [6.45, 7) is 3.89. The number of rotatable bonds is 3. The Labute approximate surface area is 134 Å². The predicted octanol–water partition coefficient (Wildman–Crippen LogP) is 2.28. The normalized spacial score (nSPS) is 17.6. The van der Waals surface area contributed by atoms with Gasteiger partial charge in [-0.2, -0.15) is 0 Å². The Morgan fingerprint density at radius 3 is 2.38 bits per heavy atom. The fourth-order valence-electron chi connectivity index (χ4n) is 2.44. The van der Waals surface area contributed by atoms with Gasteiger partial charge in [0.1, 0.15) is 6.54 Å². The summed E-state index contributed by atoms with van der Waals surface area (Å²) in [7, 11) is 2.10. The molecule has 1 heterocycles. The number of piperazine rings is 1. The quantitative estimate of drug-likeness (QED) is 0.834. The topological polar surface area (TPSA) is 52.6 Å². The number of carbonyl (C=O) groups is 1. The van der Waals surface area contributed by atoms with Crippen molar-refractivity contribution in [2.24, 2.45) is 0 Å². The highest BCUT2D eigenvalue weighted by molar-refractivity contribution is 6.35. The highest BCUT2D eigenvalue weighted by Crippen LogP contribution is 2.23. The van der Waals surface area contributed by atoms with Gasteiger partial charge in [0.2, 0.25) is 0 Å². The van der Waals surface area contributed by atoms with Gasteiger partial charge in [-0.1, -0.05) is 23.2 Å². The van der Waals surface area contributed by atoms with E-state index in [4.69, 9.17) is 28.3 Å². The van der Waals surface area contributed by atoms with Crippen molar-refractivity contribution in [3.05, 3.63) is 28.2 Å². The zero-order valence-electron chi connectivity index (χ0n) is 12.0. The monoisotopic (exact) mass is 332 g/mol. The number of urea groups is 1. The van der Waals surface area contributed by atoms with Crippen LogP contribution in [0.5, 0.6) is 0 Å². The van der Waals surface area contributed by atoms with Crippen molar-refractivity contribution in [2.75, 3.05) is 51.7 Å². The molecule has 0 aliphatic carbocycles. The van der Waals surface area contributed by atoms with E-state index in [-0.39, 0.29) is 12.6 Å². The number of nitrogens with one attached hydrogen (secondary N) is 1. The van der Waals surface area contributed by atoms with Crippen LogP contribution in [0, 0.1) is 0 Å². The average Bonchev–Trinajstić information content (AvgIpc) is 2.38. The molecule has 21 heavy (non-hydrogen) atoms. The number of aliphatic hydroxyl groups is 1. The molecule has 2 rings (SSSR count). The smallest absolute Gasteiger partial charge is 0.322 e. The van der Waals surface area contributed by atoms with E-state index >= 15 is 0 Å². The Bertz CT molecular complexity index is 497. The standard InChI is InChI=1S/C14H19Cl2N3O2/c1-19(6-7-20)4-2-18(3-5-19)14(21)17-13-9-11(15)8-12(16)10-13/h8-10,20H,2-7H2,1H3/p+1. The number of carbonyl (C=O) groups excluding carboxylic acids is 1. The summed E-state index contributed by atoms with van der Waals surface area (Å²) in [6, 6.07) is 4.81. The first-order valence-corrected chi connectivity index (χ1v) is 7.64. The molecule has 2 N–H and O–H groups in total. The summed E-state index contributed by atoms with van der Waals surface area (Å²) in [4.78, 5) is 14.0. The molecule has 0 spiro atoms. The van der Waals surface area contributed by atoms with E-state index in [1.807, 2.05) is 0 Å². The van der Waals surface area contributed by atoms with Gasteiger partial charge in [0.15, 0.2) is 0 Å². The number of hydrogen-bond donors (Lipinski definition) is 2. The van der Waals surface area contributed by atoms with Crippen LogP contribution in [0.25, 0.3) is 0 Å². The van der Waals surface area contributed by atoms with E-state index in [0.29, 0.717) is 28.8 Å². The maximum absolute atomic E-state index is 12.2. The zero-order valence-corrected chi connectivity index (χ0v) is 13.5. The molecule has 2 amide bonds. The van der Waals surface area contributed by atoms with Crippen LogP contribution in [0.2, 0.25) is 10.0 Å². The minimum absolute atomic E-state index is 0.149. The van der Waals surface area contributed by atoms with Crippen LogP contribution in [-0.2, 0) is 0 Å². The number of halogens is 2.